The molecule has 1 aromatic carbocycles. The summed E-state index contributed by atoms with van der Waals surface area (Å²) in [5, 5.41) is -1.06. The zero-order valence-electron chi connectivity index (χ0n) is 11.1. The Balaban J connectivity index is 2.27. The highest BCUT2D eigenvalue weighted by Gasteiger charge is 2.44. The molecule has 0 saturated carbocycles. The zero-order chi connectivity index (χ0) is 14.8. The van der Waals surface area contributed by atoms with E-state index in [0.29, 0.717) is 6.42 Å². The van der Waals surface area contributed by atoms with Gasteiger partial charge in [-0.05, 0) is 18.4 Å². The Hall–Kier alpha value is -1.44. The lowest BCUT2D eigenvalue weighted by molar-refractivity contribution is -0.146. The Labute approximate surface area is 118 Å². The fourth-order valence-electron chi connectivity index (χ4n) is 2.55. The number of nitrogens with zero attached hydrogens (tertiary/aromatic N) is 1. The van der Waals surface area contributed by atoms with Crippen LogP contribution < -0.4 is 0 Å². The van der Waals surface area contributed by atoms with Gasteiger partial charge in [0.2, 0.25) is 0 Å². The van der Waals surface area contributed by atoms with Crippen molar-refractivity contribution in [2.45, 2.75) is 30.8 Å². The molecule has 6 nitrogen and oxygen atoms in total. The van der Waals surface area contributed by atoms with Gasteiger partial charge in [0.05, 0.1) is 7.11 Å². The molecule has 0 aromatic heterocycles. The van der Waals surface area contributed by atoms with Gasteiger partial charge in [-0.2, -0.15) is 8.42 Å². The molecule has 0 aliphatic carbocycles. The van der Waals surface area contributed by atoms with E-state index in [1.165, 1.54) is 12.0 Å². The van der Waals surface area contributed by atoms with Crippen LogP contribution in [0.15, 0.2) is 30.3 Å². The second-order valence-electron chi connectivity index (χ2n) is 4.74. The van der Waals surface area contributed by atoms with Crippen molar-refractivity contribution >= 4 is 16.1 Å². The van der Waals surface area contributed by atoms with E-state index in [0.717, 1.165) is 5.56 Å². The van der Waals surface area contributed by atoms with Crippen LogP contribution in [0.3, 0.4) is 0 Å². The number of hydrogen-bond donors (Lipinski definition) is 1. The maximum atomic E-state index is 11.7. The smallest absolute Gasteiger partial charge is 0.323 e. The molecule has 0 bridgehead atoms. The summed E-state index contributed by atoms with van der Waals surface area (Å²) in [6, 6.07) is 8.56. The largest absolute Gasteiger partial charge is 0.468 e. The lowest BCUT2D eigenvalue weighted by atomic mass is 10.2. The van der Waals surface area contributed by atoms with E-state index in [9.17, 15) is 17.8 Å². The van der Waals surface area contributed by atoms with Crippen molar-refractivity contribution in [3.8, 4) is 0 Å². The molecule has 0 spiro atoms. The Morgan fingerprint density at radius 1 is 1.35 bits per heavy atom. The monoisotopic (exact) mass is 299 g/mol. The molecule has 1 saturated heterocycles. The highest BCUT2D eigenvalue weighted by Crippen LogP contribution is 2.29. The molecule has 1 aromatic rings. The zero-order valence-corrected chi connectivity index (χ0v) is 11.9. The van der Waals surface area contributed by atoms with Crippen LogP contribution >= 0.6 is 0 Å². The third kappa shape index (κ3) is 3.17. The van der Waals surface area contributed by atoms with E-state index in [2.05, 4.69) is 0 Å². The Morgan fingerprint density at radius 3 is 2.55 bits per heavy atom. The number of likely N-dealkylation sites (tertiary alicyclic amines) is 1. The number of carbonyl (C=O) groups excluding carboxylic acids is 1. The van der Waals surface area contributed by atoms with Crippen molar-refractivity contribution in [3.05, 3.63) is 35.9 Å². The van der Waals surface area contributed by atoms with Gasteiger partial charge in [0.25, 0.3) is 10.1 Å². The Kier molecular flexibility index (Phi) is 4.42. The Bertz CT molecular complexity index is 572. The van der Waals surface area contributed by atoms with Crippen molar-refractivity contribution in [1.29, 1.82) is 0 Å². The molecular weight excluding hydrogens is 282 g/mol. The number of benzene rings is 1. The highest BCUT2D eigenvalue weighted by atomic mass is 32.2. The molecule has 1 fully saturated rings. The maximum Gasteiger partial charge on any atom is 0.323 e. The first-order chi connectivity index (χ1) is 9.43. The van der Waals surface area contributed by atoms with Crippen LogP contribution in [0.4, 0.5) is 0 Å². The number of methoxy groups -OCH3 is 1. The summed E-state index contributed by atoms with van der Waals surface area (Å²) in [5.74, 6) is -0.480. The molecule has 110 valence electrons. The van der Waals surface area contributed by atoms with Crippen LogP contribution in [-0.2, 0) is 26.2 Å². The minimum Gasteiger partial charge on any atom is -0.468 e. The minimum atomic E-state index is -4.23. The third-order valence-electron chi connectivity index (χ3n) is 3.48. The lowest BCUT2D eigenvalue weighted by Crippen LogP contribution is -2.43. The number of carbonyl (C=O) groups is 1. The van der Waals surface area contributed by atoms with E-state index in [4.69, 9.17) is 4.74 Å². The molecule has 20 heavy (non-hydrogen) atoms. The van der Waals surface area contributed by atoms with E-state index in [-0.39, 0.29) is 13.0 Å². The van der Waals surface area contributed by atoms with Gasteiger partial charge in [-0.3, -0.25) is 14.2 Å². The quantitative estimate of drug-likeness (QED) is 0.660. The summed E-state index contributed by atoms with van der Waals surface area (Å²) in [6.45, 7) is 0.269. The molecule has 1 heterocycles. The molecule has 1 N–H and O–H groups in total. The summed E-state index contributed by atoms with van der Waals surface area (Å²) in [6.07, 6.45) is 0.565. The van der Waals surface area contributed by atoms with Crippen LogP contribution in [0.5, 0.6) is 0 Å². The molecule has 2 atom stereocenters. The van der Waals surface area contributed by atoms with Gasteiger partial charge in [0, 0.05) is 6.54 Å². The van der Waals surface area contributed by atoms with Gasteiger partial charge in [0.15, 0.2) is 0 Å². The summed E-state index contributed by atoms with van der Waals surface area (Å²) >= 11 is 0. The number of esters is 1. The SMILES string of the molecule is COC(=O)C1CCC(S(=O)(=O)O)N1Cc1ccccc1. The van der Waals surface area contributed by atoms with Crippen molar-refractivity contribution in [1.82, 2.24) is 4.90 Å². The Morgan fingerprint density at radius 2 is 2.00 bits per heavy atom. The van der Waals surface area contributed by atoms with E-state index in [1.807, 2.05) is 30.3 Å². The van der Waals surface area contributed by atoms with Crippen molar-refractivity contribution in [3.63, 3.8) is 0 Å². The maximum absolute atomic E-state index is 11.7. The van der Waals surface area contributed by atoms with Crippen LogP contribution in [0.1, 0.15) is 18.4 Å². The van der Waals surface area contributed by atoms with Crippen LogP contribution in [-0.4, -0.2) is 42.4 Å². The topological polar surface area (TPSA) is 83.9 Å². The van der Waals surface area contributed by atoms with Crippen molar-refractivity contribution in [2.75, 3.05) is 7.11 Å². The number of hydrogen-bond acceptors (Lipinski definition) is 5. The highest BCUT2D eigenvalue weighted by molar-refractivity contribution is 7.86. The predicted molar refractivity (Wildman–Crippen MR) is 72.4 cm³/mol. The summed E-state index contributed by atoms with van der Waals surface area (Å²) in [4.78, 5) is 13.2. The van der Waals surface area contributed by atoms with Crippen LogP contribution in [0.2, 0.25) is 0 Å². The van der Waals surface area contributed by atoms with Crippen LogP contribution in [0, 0.1) is 0 Å². The van der Waals surface area contributed by atoms with Gasteiger partial charge in [0.1, 0.15) is 11.4 Å². The van der Waals surface area contributed by atoms with Gasteiger partial charge in [-0.15, -0.1) is 0 Å². The average molecular weight is 299 g/mol. The predicted octanol–water partition coefficient (Wildman–Crippen LogP) is 1.04. The van der Waals surface area contributed by atoms with Gasteiger partial charge >= 0.3 is 5.97 Å². The first-order valence-corrected chi connectivity index (χ1v) is 7.77. The summed E-state index contributed by atoms with van der Waals surface area (Å²) in [7, 11) is -2.96. The number of rotatable bonds is 4. The van der Waals surface area contributed by atoms with E-state index in [1.54, 1.807) is 0 Å². The lowest BCUT2D eigenvalue weighted by Gasteiger charge is -2.26. The normalized spacial score (nSPS) is 23.7. The molecule has 0 radical (unpaired) electrons. The minimum absolute atomic E-state index is 0.214. The van der Waals surface area contributed by atoms with E-state index >= 15 is 0 Å². The molecule has 7 heteroatoms. The second kappa shape index (κ2) is 5.90. The molecule has 1 aliphatic heterocycles. The summed E-state index contributed by atoms with van der Waals surface area (Å²) < 4.78 is 36.9. The second-order valence-corrected chi connectivity index (χ2v) is 6.32. The van der Waals surface area contributed by atoms with Gasteiger partial charge in [-0.25, -0.2) is 0 Å². The molecule has 0 amide bonds. The third-order valence-corrected chi connectivity index (χ3v) is 4.68. The first-order valence-electron chi connectivity index (χ1n) is 6.27. The van der Waals surface area contributed by atoms with E-state index < -0.39 is 27.5 Å². The van der Waals surface area contributed by atoms with Gasteiger partial charge in [-0.1, -0.05) is 30.3 Å². The fourth-order valence-corrected chi connectivity index (χ4v) is 3.55. The fraction of sp³-hybridized carbons (Fsp3) is 0.462. The molecule has 2 rings (SSSR count). The summed E-state index contributed by atoms with van der Waals surface area (Å²) in [5.41, 5.74) is 0.872. The molecule has 1 aliphatic rings. The average Bonchev–Trinajstić information content (AvgIpc) is 2.82. The standard InChI is InChI=1S/C13H17NO5S/c1-19-13(15)11-7-8-12(20(16,17)18)14(11)9-10-5-3-2-4-6-10/h2-6,11-12H,7-9H2,1H3,(H,16,17,18). The first kappa shape index (κ1) is 15.0. The van der Waals surface area contributed by atoms with Crippen molar-refractivity contribution < 1.29 is 22.5 Å². The van der Waals surface area contributed by atoms with Crippen LogP contribution in [0.25, 0.3) is 0 Å². The molecular formula is C13H17NO5S. The van der Waals surface area contributed by atoms with Crippen molar-refractivity contribution in [2.24, 2.45) is 0 Å². The van der Waals surface area contributed by atoms with Gasteiger partial charge < -0.3 is 4.74 Å². The molecule has 2 unspecified atom stereocenters. The number of ether oxygens (including phenoxy) is 1.